The quantitative estimate of drug-likeness (QED) is 0.581. The fraction of sp³-hybridized carbons (Fsp3) is 0.400. The number of benzene rings is 1. The molecule has 0 radical (unpaired) electrons. The van der Waals surface area contributed by atoms with Gasteiger partial charge in [0.15, 0.2) is 0 Å². The molecule has 2 N–H and O–H groups in total. The fourth-order valence-electron chi connectivity index (χ4n) is 1.17. The third-order valence-electron chi connectivity index (χ3n) is 1.99. The van der Waals surface area contributed by atoms with Gasteiger partial charge in [-0.2, -0.15) is 0 Å². The molecule has 0 spiro atoms. The first-order chi connectivity index (χ1) is 7.94. The number of nitrogens with one attached hydrogen (secondary N) is 2. The van der Waals surface area contributed by atoms with Crippen molar-refractivity contribution in [3.8, 4) is 0 Å². The summed E-state index contributed by atoms with van der Waals surface area (Å²) in [7, 11) is -3.30. The van der Waals surface area contributed by atoms with Crippen LogP contribution in [0.4, 0.5) is 5.69 Å². The van der Waals surface area contributed by atoms with Gasteiger partial charge < -0.3 is 5.32 Å². The van der Waals surface area contributed by atoms with Crippen LogP contribution in [0.15, 0.2) is 18.2 Å². The second-order valence-electron chi connectivity index (χ2n) is 3.40. The van der Waals surface area contributed by atoms with Gasteiger partial charge in [0.2, 0.25) is 10.0 Å². The Morgan fingerprint density at radius 3 is 2.71 bits per heavy atom. The molecule has 0 aliphatic carbocycles. The SMILES string of the molecule is CCNCCS(=O)(=O)Nc1ccc(Cl)cc1I. The van der Waals surface area contributed by atoms with E-state index in [1.54, 1.807) is 18.2 Å². The summed E-state index contributed by atoms with van der Waals surface area (Å²) >= 11 is 7.84. The Morgan fingerprint density at radius 2 is 2.12 bits per heavy atom. The average Bonchev–Trinajstić information content (AvgIpc) is 2.22. The summed E-state index contributed by atoms with van der Waals surface area (Å²) in [5, 5.41) is 3.56. The summed E-state index contributed by atoms with van der Waals surface area (Å²) in [6.07, 6.45) is 0. The molecule has 0 unspecified atom stereocenters. The van der Waals surface area contributed by atoms with E-state index in [1.165, 1.54) is 0 Å². The van der Waals surface area contributed by atoms with Crippen LogP contribution in [-0.4, -0.2) is 27.3 Å². The molecule has 96 valence electrons. The molecule has 0 heterocycles. The molecule has 0 aromatic heterocycles. The summed E-state index contributed by atoms with van der Waals surface area (Å²) in [6.45, 7) is 3.13. The first-order valence-electron chi connectivity index (χ1n) is 5.11. The lowest BCUT2D eigenvalue weighted by Gasteiger charge is -2.10. The molecule has 1 aromatic rings. The molecule has 0 aliphatic rings. The van der Waals surface area contributed by atoms with Crippen LogP contribution in [0, 0.1) is 3.57 Å². The van der Waals surface area contributed by atoms with Crippen molar-refractivity contribution in [3.63, 3.8) is 0 Å². The zero-order valence-corrected chi connectivity index (χ0v) is 13.1. The molecule has 0 saturated carbocycles. The molecular weight excluding hydrogens is 375 g/mol. The highest BCUT2D eigenvalue weighted by atomic mass is 127. The standard InChI is InChI=1S/C10H14ClIN2O2S/c1-2-13-5-6-17(15,16)14-10-4-3-8(11)7-9(10)12/h3-4,7,13-14H,2,5-6H2,1H3. The van der Waals surface area contributed by atoms with Gasteiger partial charge in [0.05, 0.1) is 11.4 Å². The predicted octanol–water partition coefficient (Wildman–Crippen LogP) is 2.30. The molecule has 17 heavy (non-hydrogen) atoms. The Balaban J connectivity index is 2.69. The number of hydrogen-bond donors (Lipinski definition) is 2. The molecule has 0 aliphatic heterocycles. The van der Waals surface area contributed by atoms with E-state index in [9.17, 15) is 8.42 Å². The van der Waals surface area contributed by atoms with Gasteiger partial charge in [-0.15, -0.1) is 0 Å². The largest absolute Gasteiger partial charge is 0.316 e. The molecule has 0 atom stereocenters. The Labute approximate surface area is 120 Å². The van der Waals surface area contributed by atoms with Gasteiger partial charge in [0.25, 0.3) is 0 Å². The lowest BCUT2D eigenvalue weighted by molar-refractivity contribution is 0.597. The second-order valence-corrected chi connectivity index (χ2v) is 6.84. The number of hydrogen-bond acceptors (Lipinski definition) is 3. The Hall–Kier alpha value is -0.0500. The van der Waals surface area contributed by atoms with Crippen molar-refractivity contribution in [2.45, 2.75) is 6.92 Å². The average molecular weight is 389 g/mol. The summed E-state index contributed by atoms with van der Waals surface area (Å²) < 4.78 is 26.8. The van der Waals surface area contributed by atoms with Crippen LogP contribution in [0.1, 0.15) is 6.92 Å². The van der Waals surface area contributed by atoms with Gasteiger partial charge in [0.1, 0.15) is 0 Å². The zero-order valence-electron chi connectivity index (χ0n) is 9.33. The molecule has 4 nitrogen and oxygen atoms in total. The Morgan fingerprint density at radius 1 is 1.41 bits per heavy atom. The molecule has 7 heteroatoms. The summed E-state index contributed by atoms with van der Waals surface area (Å²) in [5.41, 5.74) is 0.562. The smallest absolute Gasteiger partial charge is 0.234 e. The number of sulfonamides is 1. The van der Waals surface area contributed by atoms with E-state index < -0.39 is 10.0 Å². The molecule has 1 rings (SSSR count). The maximum atomic E-state index is 11.7. The van der Waals surface area contributed by atoms with Gasteiger partial charge in [-0.1, -0.05) is 18.5 Å². The van der Waals surface area contributed by atoms with Gasteiger partial charge in [-0.05, 0) is 47.3 Å². The fourth-order valence-corrected chi connectivity index (χ4v) is 3.39. The second kappa shape index (κ2) is 6.77. The van der Waals surface area contributed by atoms with Crippen LogP contribution in [0.2, 0.25) is 5.02 Å². The lowest BCUT2D eigenvalue weighted by atomic mass is 10.3. The van der Waals surface area contributed by atoms with E-state index in [1.807, 2.05) is 29.5 Å². The minimum absolute atomic E-state index is 0.0551. The van der Waals surface area contributed by atoms with E-state index in [4.69, 9.17) is 11.6 Å². The number of anilines is 1. The molecule has 0 amide bonds. The van der Waals surface area contributed by atoms with E-state index >= 15 is 0 Å². The third kappa shape index (κ3) is 5.41. The van der Waals surface area contributed by atoms with Crippen LogP contribution in [-0.2, 0) is 10.0 Å². The van der Waals surface area contributed by atoms with Crippen molar-refractivity contribution in [1.29, 1.82) is 0 Å². The zero-order chi connectivity index (χ0) is 12.9. The minimum atomic E-state index is -3.30. The van der Waals surface area contributed by atoms with Gasteiger partial charge in [-0.3, -0.25) is 4.72 Å². The highest BCUT2D eigenvalue weighted by Crippen LogP contribution is 2.23. The van der Waals surface area contributed by atoms with Crippen molar-refractivity contribution in [2.75, 3.05) is 23.6 Å². The van der Waals surface area contributed by atoms with E-state index in [2.05, 4.69) is 10.0 Å². The van der Waals surface area contributed by atoms with Crippen molar-refractivity contribution in [3.05, 3.63) is 26.8 Å². The highest BCUT2D eigenvalue weighted by Gasteiger charge is 2.11. The predicted molar refractivity (Wildman–Crippen MR) is 80.1 cm³/mol. The number of halogens is 2. The normalized spacial score (nSPS) is 11.5. The number of rotatable bonds is 6. The van der Waals surface area contributed by atoms with E-state index in [0.29, 0.717) is 17.3 Å². The highest BCUT2D eigenvalue weighted by molar-refractivity contribution is 14.1. The Bertz CT molecular complexity index is 479. The third-order valence-corrected chi connectivity index (χ3v) is 4.39. The van der Waals surface area contributed by atoms with Crippen molar-refractivity contribution in [1.82, 2.24) is 5.32 Å². The van der Waals surface area contributed by atoms with Crippen molar-refractivity contribution >= 4 is 49.9 Å². The van der Waals surface area contributed by atoms with Crippen LogP contribution < -0.4 is 10.0 Å². The lowest BCUT2D eigenvalue weighted by Crippen LogP contribution is -2.26. The van der Waals surface area contributed by atoms with Crippen molar-refractivity contribution < 1.29 is 8.42 Å². The molecule has 0 fully saturated rings. The van der Waals surface area contributed by atoms with E-state index in [0.717, 1.165) is 10.1 Å². The summed E-state index contributed by atoms with van der Waals surface area (Å²) in [4.78, 5) is 0. The first kappa shape index (κ1) is 15.0. The molecular formula is C10H14ClIN2O2S. The maximum absolute atomic E-state index is 11.7. The summed E-state index contributed by atoms with van der Waals surface area (Å²) in [6, 6.07) is 5.03. The molecule has 1 aromatic carbocycles. The van der Waals surface area contributed by atoms with Gasteiger partial charge >= 0.3 is 0 Å². The van der Waals surface area contributed by atoms with Crippen LogP contribution in [0.3, 0.4) is 0 Å². The van der Waals surface area contributed by atoms with Gasteiger partial charge in [0, 0.05) is 15.1 Å². The monoisotopic (exact) mass is 388 g/mol. The molecule has 0 saturated heterocycles. The Kier molecular flexibility index (Phi) is 5.98. The topological polar surface area (TPSA) is 58.2 Å². The van der Waals surface area contributed by atoms with Crippen LogP contribution in [0.5, 0.6) is 0 Å². The maximum Gasteiger partial charge on any atom is 0.234 e. The minimum Gasteiger partial charge on any atom is -0.316 e. The van der Waals surface area contributed by atoms with Gasteiger partial charge in [-0.25, -0.2) is 8.42 Å². The van der Waals surface area contributed by atoms with Crippen molar-refractivity contribution in [2.24, 2.45) is 0 Å². The molecule has 0 bridgehead atoms. The van der Waals surface area contributed by atoms with Crippen LogP contribution in [0.25, 0.3) is 0 Å². The van der Waals surface area contributed by atoms with Crippen LogP contribution >= 0.6 is 34.2 Å². The summed E-state index contributed by atoms with van der Waals surface area (Å²) in [5.74, 6) is 0.0551. The van der Waals surface area contributed by atoms with E-state index in [-0.39, 0.29) is 5.75 Å². The first-order valence-corrected chi connectivity index (χ1v) is 8.22.